The largest absolute Gasteiger partial charge is 0.308 e. The van der Waals surface area contributed by atoms with Crippen molar-refractivity contribution in [3.05, 3.63) is 35.9 Å². The van der Waals surface area contributed by atoms with Crippen LogP contribution in [0.2, 0.25) is 0 Å². The van der Waals surface area contributed by atoms with Crippen LogP contribution in [0.3, 0.4) is 0 Å². The van der Waals surface area contributed by atoms with Gasteiger partial charge in [0.2, 0.25) is 0 Å². The molecule has 3 heteroatoms. The van der Waals surface area contributed by atoms with Gasteiger partial charge in [0.25, 0.3) is 0 Å². The molecule has 0 atom stereocenters. The summed E-state index contributed by atoms with van der Waals surface area (Å²) in [5.41, 5.74) is 3.02. The Hall–Kier alpha value is -1.35. The molecule has 0 spiro atoms. The Morgan fingerprint density at radius 1 is 1.50 bits per heavy atom. The summed E-state index contributed by atoms with van der Waals surface area (Å²) in [4.78, 5) is 0. The first-order valence-electron chi connectivity index (χ1n) is 2.86. The van der Waals surface area contributed by atoms with Crippen LogP contribution in [0.1, 0.15) is 5.56 Å². The molecule has 0 aromatic heterocycles. The maximum atomic E-state index is 7.23. The van der Waals surface area contributed by atoms with Crippen molar-refractivity contribution in [1.82, 2.24) is 5.43 Å². The molecular formula is C7H8N3. The SMILES string of the molecule is N=C(NN)c1cc[c]cc1. The number of nitrogens with one attached hydrogen (secondary N) is 2. The predicted octanol–water partition coefficient (Wildman–Crippen LogP) is 0.275. The van der Waals surface area contributed by atoms with Crippen molar-refractivity contribution in [1.29, 1.82) is 5.41 Å². The molecule has 1 aromatic rings. The lowest BCUT2D eigenvalue weighted by atomic mass is 10.2. The van der Waals surface area contributed by atoms with E-state index in [1.54, 1.807) is 24.3 Å². The highest BCUT2D eigenvalue weighted by molar-refractivity contribution is 5.95. The zero-order valence-electron chi connectivity index (χ0n) is 5.39. The maximum absolute atomic E-state index is 7.23. The van der Waals surface area contributed by atoms with Crippen LogP contribution in [0.4, 0.5) is 0 Å². The predicted molar refractivity (Wildman–Crippen MR) is 39.4 cm³/mol. The van der Waals surface area contributed by atoms with E-state index < -0.39 is 0 Å². The Kier molecular flexibility index (Phi) is 2.02. The molecule has 0 saturated carbocycles. The number of hydrazine groups is 1. The summed E-state index contributed by atoms with van der Waals surface area (Å²) in [7, 11) is 0. The molecule has 3 nitrogen and oxygen atoms in total. The van der Waals surface area contributed by atoms with E-state index in [1.165, 1.54) is 0 Å². The molecule has 0 unspecified atom stereocenters. The molecule has 1 rings (SSSR count). The lowest BCUT2D eigenvalue weighted by molar-refractivity contribution is 1.01. The minimum Gasteiger partial charge on any atom is -0.308 e. The highest BCUT2D eigenvalue weighted by Gasteiger charge is 1.93. The molecule has 0 aliphatic rings. The van der Waals surface area contributed by atoms with Crippen molar-refractivity contribution in [3.8, 4) is 0 Å². The summed E-state index contributed by atoms with van der Waals surface area (Å²) >= 11 is 0. The van der Waals surface area contributed by atoms with Crippen LogP contribution in [0.5, 0.6) is 0 Å². The lowest BCUT2D eigenvalue weighted by Crippen LogP contribution is -2.29. The van der Waals surface area contributed by atoms with Crippen LogP contribution < -0.4 is 11.3 Å². The topological polar surface area (TPSA) is 61.9 Å². The zero-order chi connectivity index (χ0) is 7.40. The third-order valence-electron chi connectivity index (χ3n) is 1.15. The van der Waals surface area contributed by atoms with E-state index in [1.807, 2.05) is 0 Å². The van der Waals surface area contributed by atoms with Gasteiger partial charge in [-0.3, -0.25) is 5.41 Å². The molecule has 0 amide bonds. The molecule has 0 aliphatic heterocycles. The first-order valence-corrected chi connectivity index (χ1v) is 2.86. The van der Waals surface area contributed by atoms with E-state index in [9.17, 15) is 0 Å². The number of nitrogens with two attached hydrogens (primary N) is 1. The minimum absolute atomic E-state index is 0.217. The number of amidine groups is 1. The highest BCUT2D eigenvalue weighted by atomic mass is 15.2. The van der Waals surface area contributed by atoms with Gasteiger partial charge < -0.3 is 5.43 Å². The Balaban J connectivity index is 2.85. The van der Waals surface area contributed by atoms with Gasteiger partial charge in [0.05, 0.1) is 0 Å². The summed E-state index contributed by atoms with van der Waals surface area (Å²) in [5.74, 6) is 5.24. The van der Waals surface area contributed by atoms with Gasteiger partial charge in [0, 0.05) is 5.56 Å². The third-order valence-corrected chi connectivity index (χ3v) is 1.15. The average Bonchev–Trinajstić information content (AvgIpc) is 2.05. The van der Waals surface area contributed by atoms with Crippen molar-refractivity contribution in [2.75, 3.05) is 0 Å². The fourth-order valence-corrected chi connectivity index (χ4v) is 0.637. The smallest absolute Gasteiger partial charge is 0.139 e. The number of hydrogen-bond acceptors (Lipinski definition) is 2. The van der Waals surface area contributed by atoms with Gasteiger partial charge in [0.1, 0.15) is 5.84 Å². The summed E-state index contributed by atoms with van der Waals surface area (Å²) in [5, 5.41) is 7.23. The van der Waals surface area contributed by atoms with Gasteiger partial charge in [-0.05, 0) is 6.07 Å². The second-order valence-corrected chi connectivity index (χ2v) is 1.81. The summed E-state index contributed by atoms with van der Waals surface area (Å²) in [6.45, 7) is 0. The molecule has 10 heavy (non-hydrogen) atoms. The van der Waals surface area contributed by atoms with Crippen LogP contribution >= 0.6 is 0 Å². The van der Waals surface area contributed by atoms with Crippen LogP contribution in [-0.4, -0.2) is 5.84 Å². The van der Waals surface area contributed by atoms with Gasteiger partial charge >= 0.3 is 0 Å². The van der Waals surface area contributed by atoms with E-state index >= 15 is 0 Å². The highest BCUT2D eigenvalue weighted by Crippen LogP contribution is 1.95. The second kappa shape index (κ2) is 2.98. The van der Waals surface area contributed by atoms with E-state index in [0.29, 0.717) is 0 Å². The van der Waals surface area contributed by atoms with Crippen LogP contribution in [0, 0.1) is 11.5 Å². The Labute approximate surface area is 59.3 Å². The van der Waals surface area contributed by atoms with Crippen LogP contribution in [-0.2, 0) is 0 Å². The molecule has 0 fully saturated rings. The molecular weight excluding hydrogens is 126 g/mol. The first kappa shape index (κ1) is 6.77. The first-order chi connectivity index (χ1) is 4.84. The fourth-order valence-electron chi connectivity index (χ4n) is 0.637. The summed E-state index contributed by atoms with van der Waals surface area (Å²) < 4.78 is 0. The van der Waals surface area contributed by atoms with Crippen LogP contribution in [0.15, 0.2) is 24.3 Å². The van der Waals surface area contributed by atoms with Gasteiger partial charge in [-0.2, -0.15) is 0 Å². The Bertz CT molecular complexity index is 218. The third kappa shape index (κ3) is 1.33. The monoisotopic (exact) mass is 134 g/mol. The molecule has 0 heterocycles. The van der Waals surface area contributed by atoms with Gasteiger partial charge in [0.15, 0.2) is 0 Å². The summed E-state index contributed by atoms with van der Waals surface area (Å²) in [6, 6.07) is 9.85. The molecule has 51 valence electrons. The van der Waals surface area contributed by atoms with Crippen LogP contribution in [0.25, 0.3) is 0 Å². The van der Waals surface area contributed by atoms with E-state index in [0.717, 1.165) is 5.56 Å². The van der Waals surface area contributed by atoms with Gasteiger partial charge in [-0.1, -0.05) is 24.3 Å². The van der Waals surface area contributed by atoms with Crippen molar-refractivity contribution >= 4 is 5.84 Å². The molecule has 0 bridgehead atoms. The van der Waals surface area contributed by atoms with Crippen molar-refractivity contribution < 1.29 is 0 Å². The molecule has 0 saturated heterocycles. The standard InChI is InChI=1S/C7H8N3/c8-7(10-9)6-4-2-1-3-5-6/h2-5H,9H2,(H2,8,10). The minimum atomic E-state index is 0.217. The Morgan fingerprint density at radius 3 is 2.60 bits per heavy atom. The Morgan fingerprint density at radius 2 is 2.10 bits per heavy atom. The van der Waals surface area contributed by atoms with E-state index in [-0.39, 0.29) is 5.84 Å². The zero-order valence-corrected chi connectivity index (χ0v) is 5.39. The van der Waals surface area contributed by atoms with Crippen molar-refractivity contribution in [2.24, 2.45) is 5.84 Å². The molecule has 1 radical (unpaired) electrons. The number of hydrogen-bond donors (Lipinski definition) is 3. The van der Waals surface area contributed by atoms with Gasteiger partial charge in [-0.15, -0.1) is 0 Å². The average molecular weight is 134 g/mol. The molecule has 4 N–H and O–H groups in total. The normalized spacial score (nSPS) is 8.90. The maximum Gasteiger partial charge on any atom is 0.139 e. The van der Waals surface area contributed by atoms with E-state index in [2.05, 4.69) is 11.5 Å². The molecule has 1 aromatic carbocycles. The lowest BCUT2D eigenvalue weighted by Gasteiger charge is -1.99. The number of rotatable bonds is 1. The van der Waals surface area contributed by atoms with Crippen molar-refractivity contribution in [3.63, 3.8) is 0 Å². The summed E-state index contributed by atoms with van der Waals surface area (Å²) in [6.07, 6.45) is 0. The fraction of sp³-hybridized carbons (Fsp3) is 0. The van der Waals surface area contributed by atoms with E-state index in [4.69, 9.17) is 11.3 Å². The van der Waals surface area contributed by atoms with Gasteiger partial charge in [-0.25, -0.2) is 5.84 Å². The number of benzene rings is 1. The van der Waals surface area contributed by atoms with Crippen molar-refractivity contribution in [2.45, 2.75) is 0 Å². The quantitative estimate of drug-likeness (QED) is 0.223. The molecule has 0 aliphatic carbocycles. The second-order valence-electron chi connectivity index (χ2n) is 1.81.